The molecular formula is C20H16F2N6O2. The summed E-state index contributed by atoms with van der Waals surface area (Å²) < 4.78 is 28.3. The van der Waals surface area contributed by atoms with Crippen molar-refractivity contribution in [2.45, 2.75) is 13.0 Å². The van der Waals surface area contributed by atoms with Gasteiger partial charge in [-0.05, 0) is 48.4 Å². The molecule has 8 nitrogen and oxygen atoms in total. The molecule has 0 unspecified atom stereocenters. The zero-order valence-corrected chi connectivity index (χ0v) is 15.7. The molecule has 0 aliphatic carbocycles. The number of anilines is 2. The van der Waals surface area contributed by atoms with Crippen molar-refractivity contribution in [3.8, 4) is 5.69 Å². The van der Waals surface area contributed by atoms with E-state index in [2.05, 4.69) is 20.4 Å². The molecule has 0 saturated heterocycles. The number of amides is 1. The van der Waals surface area contributed by atoms with Crippen LogP contribution in [-0.4, -0.2) is 30.8 Å². The summed E-state index contributed by atoms with van der Waals surface area (Å²) in [6.45, 7) is 1.80. The number of fused-ring (bicyclic) bond motifs is 1. The molecule has 152 valence electrons. The second-order valence-corrected chi connectivity index (χ2v) is 6.64. The molecule has 2 aromatic carbocycles. The number of aliphatic hydroxyl groups is 1. The monoisotopic (exact) mass is 410 g/mol. The Morgan fingerprint density at radius 2 is 1.90 bits per heavy atom. The Balaban J connectivity index is 1.59. The molecular weight excluding hydrogens is 394 g/mol. The van der Waals surface area contributed by atoms with Gasteiger partial charge in [-0.3, -0.25) is 4.79 Å². The lowest BCUT2D eigenvalue weighted by molar-refractivity contribution is -0.124. The quantitative estimate of drug-likeness (QED) is 0.476. The number of aliphatic hydroxyl groups excluding tert-OH is 1. The number of aromatic nitrogens is 4. The van der Waals surface area contributed by atoms with Gasteiger partial charge in [0.05, 0.1) is 11.9 Å². The number of nitrogen functional groups attached to an aromatic ring is 1. The summed E-state index contributed by atoms with van der Waals surface area (Å²) in [5.41, 5.74) is 8.73. The summed E-state index contributed by atoms with van der Waals surface area (Å²) in [7, 11) is 0. The topological polar surface area (TPSA) is 119 Å². The first-order chi connectivity index (χ1) is 14.3. The minimum absolute atomic E-state index is 0.183. The van der Waals surface area contributed by atoms with E-state index >= 15 is 0 Å². The van der Waals surface area contributed by atoms with E-state index in [0.717, 1.165) is 17.7 Å². The Labute approximate surface area is 169 Å². The van der Waals surface area contributed by atoms with Gasteiger partial charge in [0.1, 0.15) is 29.0 Å². The highest BCUT2D eigenvalue weighted by Gasteiger charge is 2.20. The highest BCUT2D eigenvalue weighted by Crippen LogP contribution is 2.25. The van der Waals surface area contributed by atoms with E-state index in [1.807, 2.05) is 0 Å². The predicted molar refractivity (Wildman–Crippen MR) is 106 cm³/mol. The number of nitrogens with two attached hydrogens (primary N) is 1. The zero-order valence-electron chi connectivity index (χ0n) is 15.7. The van der Waals surface area contributed by atoms with Crippen molar-refractivity contribution in [3.05, 3.63) is 71.7 Å². The average molecular weight is 410 g/mol. The highest BCUT2D eigenvalue weighted by atomic mass is 19.1. The van der Waals surface area contributed by atoms with Crippen LogP contribution >= 0.6 is 0 Å². The van der Waals surface area contributed by atoms with Crippen LogP contribution in [0.1, 0.15) is 17.2 Å². The standard InChI is InChI=1S/C20H16F2N6O2/c1-10-4-14(27-20(30)18(29)11-5-12(21)7-13(22)6-11)2-3-16(10)28-17-15(8-26-28)24-9-25-19(17)23/h2-9,18,29H,1H3,(H,27,30)(H2,23,24,25)/t18-/m1/s1. The van der Waals surface area contributed by atoms with Crippen LogP contribution in [0.25, 0.3) is 16.7 Å². The Kier molecular flexibility index (Phi) is 4.84. The minimum atomic E-state index is -1.73. The number of rotatable bonds is 4. The van der Waals surface area contributed by atoms with E-state index in [-0.39, 0.29) is 11.4 Å². The third-order valence-corrected chi connectivity index (χ3v) is 4.53. The van der Waals surface area contributed by atoms with E-state index < -0.39 is 23.6 Å². The first-order valence-electron chi connectivity index (χ1n) is 8.83. The minimum Gasteiger partial charge on any atom is -0.382 e. The molecule has 10 heteroatoms. The number of carbonyl (C=O) groups excluding carboxylic acids is 1. The molecule has 4 rings (SSSR count). The fourth-order valence-corrected chi connectivity index (χ4v) is 3.14. The van der Waals surface area contributed by atoms with Crippen molar-refractivity contribution in [1.29, 1.82) is 0 Å². The van der Waals surface area contributed by atoms with Crippen molar-refractivity contribution in [1.82, 2.24) is 19.7 Å². The van der Waals surface area contributed by atoms with Crippen molar-refractivity contribution in [2.24, 2.45) is 0 Å². The number of aryl methyl sites for hydroxylation is 1. The van der Waals surface area contributed by atoms with Gasteiger partial charge in [0, 0.05) is 11.8 Å². The molecule has 0 aliphatic rings. The van der Waals surface area contributed by atoms with Crippen LogP contribution in [0.5, 0.6) is 0 Å². The van der Waals surface area contributed by atoms with Crippen LogP contribution in [0.15, 0.2) is 48.9 Å². The summed E-state index contributed by atoms with van der Waals surface area (Å²) in [5, 5.41) is 17.0. The molecule has 0 radical (unpaired) electrons. The third-order valence-electron chi connectivity index (χ3n) is 4.53. The van der Waals surface area contributed by atoms with Crippen LogP contribution in [0.3, 0.4) is 0 Å². The SMILES string of the molecule is Cc1cc(NC(=O)[C@H](O)c2cc(F)cc(F)c2)ccc1-n1ncc2ncnc(N)c21. The van der Waals surface area contributed by atoms with Crippen LogP contribution in [0.2, 0.25) is 0 Å². The fraction of sp³-hybridized carbons (Fsp3) is 0.100. The van der Waals surface area contributed by atoms with E-state index in [9.17, 15) is 18.7 Å². The summed E-state index contributed by atoms with van der Waals surface area (Å²) in [6, 6.07) is 7.44. The normalized spacial score (nSPS) is 12.1. The lowest BCUT2D eigenvalue weighted by Crippen LogP contribution is -2.21. The predicted octanol–water partition coefficient (Wildman–Crippen LogP) is 2.66. The molecule has 0 saturated carbocycles. The Hall–Kier alpha value is -3.92. The summed E-state index contributed by atoms with van der Waals surface area (Å²) in [4.78, 5) is 20.4. The molecule has 2 heterocycles. The van der Waals surface area contributed by atoms with Gasteiger partial charge in [0.2, 0.25) is 0 Å². The van der Waals surface area contributed by atoms with Gasteiger partial charge in [-0.2, -0.15) is 5.10 Å². The summed E-state index contributed by atoms with van der Waals surface area (Å²) >= 11 is 0. The van der Waals surface area contributed by atoms with E-state index in [4.69, 9.17) is 5.73 Å². The number of carbonyl (C=O) groups is 1. The first-order valence-corrected chi connectivity index (χ1v) is 8.83. The highest BCUT2D eigenvalue weighted by molar-refractivity contribution is 5.95. The summed E-state index contributed by atoms with van der Waals surface area (Å²) in [5.74, 6) is -2.31. The van der Waals surface area contributed by atoms with Gasteiger partial charge < -0.3 is 16.2 Å². The second kappa shape index (κ2) is 7.48. The molecule has 30 heavy (non-hydrogen) atoms. The van der Waals surface area contributed by atoms with Crippen LogP contribution in [0, 0.1) is 18.6 Å². The first kappa shape index (κ1) is 19.4. The largest absolute Gasteiger partial charge is 0.382 e. The molecule has 4 N–H and O–H groups in total. The average Bonchev–Trinajstić information content (AvgIpc) is 3.12. The van der Waals surface area contributed by atoms with Crippen LogP contribution in [0.4, 0.5) is 20.3 Å². The number of nitrogens with one attached hydrogen (secondary N) is 1. The molecule has 4 aromatic rings. The Morgan fingerprint density at radius 3 is 2.60 bits per heavy atom. The van der Waals surface area contributed by atoms with Gasteiger partial charge in [-0.15, -0.1) is 0 Å². The van der Waals surface area contributed by atoms with Gasteiger partial charge in [-0.1, -0.05) is 0 Å². The molecule has 2 aromatic heterocycles. The smallest absolute Gasteiger partial charge is 0.257 e. The van der Waals surface area contributed by atoms with Gasteiger partial charge in [0.25, 0.3) is 5.91 Å². The molecule has 0 aliphatic heterocycles. The van der Waals surface area contributed by atoms with Crippen molar-refractivity contribution in [3.63, 3.8) is 0 Å². The fourth-order valence-electron chi connectivity index (χ4n) is 3.14. The Bertz CT molecular complexity index is 1250. The maximum Gasteiger partial charge on any atom is 0.257 e. The lowest BCUT2D eigenvalue weighted by atomic mass is 10.1. The van der Waals surface area contributed by atoms with Crippen molar-refractivity contribution in [2.75, 3.05) is 11.1 Å². The van der Waals surface area contributed by atoms with Crippen molar-refractivity contribution >= 4 is 28.4 Å². The van der Waals surface area contributed by atoms with E-state index in [1.165, 1.54) is 6.33 Å². The van der Waals surface area contributed by atoms with Gasteiger partial charge in [-0.25, -0.2) is 23.4 Å². The Morgan fingerprint density at radius 1 is 1.17 bits per heavy atom. The molecule has 0 bridgehead atoms. The van der Waals surface area contributed by atoms with Crippen LogP contribution in [-0.2, 0) is 4.79 Å². The molecule has 1 amide bonds. The number of nitrogens with zero attached hydrogens (tertiary/aromatic N) is 4. The van der Waals surface area contributed by atoms with E-state index in [1.54, 1.807) is 36.0 Å². The van der Waals surface area contributed by atoms with Gasteiger partial charge >= 0.3 is 0 Å². The molecule has 1 atom stereocenters. The van der Waals surface area contributed by atoms with E-state index in [0.29, 0.717) is 28.5 Å². The van der Waals surface area contributed by atoms with Crippen LogP contribution < -0.4 is 11.1 Å². The number of benzene rings is 2. The second-order valence-electron chi connectivity index (χ2n) is 6.64. The molecule has 0 fully saturated rings. The van der Waals surface area contributed by atoms with Crippen molar-refractivity contribution < 1.29 is 18.7 Å². The lowest BCUT2D eigenvalue weighted by Gasteiger charge is -2.14. The van der Waals surface area contributed by atoms with Gasteiger partial charge in [0.15, 0.2) is 11.9 Å². The molecule has 0 spiro atoms. The number of halogens is 2. The number of hydrogen-bond acceptors (Lipinski definition) is 6. The zero-order chi connectivity index (χ0) is 21.4. The number of hydrogen-bond donors (Lipinski definition) is 3. The summed E-state index contributed by atoms with van der Waals surface area (Å²) in [6.07, 6.45) is 1.18. The maximum atomic E-state index is 13.3. The third kappa shape index (κ3) is 3.55. The maximum absolute atomic E-state index is 13.3.